The second kappa shape index (κ2) is 6.88. The van der Waals surface area contributed by atoms with E-state index in [1.165, 1.54) is 24.3 Å². The quantitative estimate of drug-likeness (QED) is 0.925. The summed E-state index contributed by atoms with van der Waals surface area (Å²) in [6.45, 7) is -2.41. The Morgan fingerprint density at radius 1 is 1.12 bits per heavy atom. The molecule has 1 heterocycles. The van der Waals surface area contributed by atoms with Gasteiger partial charge in [0.05, 0.1) is 0 Å². The first-order chi connectivity index (χ1) is 12.0. The van der Waals surface area contributed by atoms with Crippen LogP contribution >= 0.6 is 0 Å². The third-order valence-electron chi connectivity index (χ3n) is 4.09. The standard InChI is InChI=1S/C18H16F2N2O3/c19-18(20)25-12-8-6-11(7-9-12)17(24)22-10-2-4-13-14(16(21)23)3-1-5-15(13)22/h1,3,5-9,18H,2,4,10H2,(H2,21,23). The molecule has 2 N–H and O–H groups in total. The van der Waals surface area contributed by atoms with Gasteiger partial charge >= 0.3 is 6.61 Å². The number of anilines is 1. The van der Waals surface area contributed by atoms with Gasteiger partial charge in [-0.25, -0.2) is 0 Å². The molecular weight excluding hydrogens is 330 g/mol. The van der Waals surface area contributed by atoms with Crippen molar-refractivity contribution in [1.29, 1.82) is 0 Å². The van der Waals surface area contributed by atoms with Crippen LogP contribution in [0.3, 0.4) is 0 Å². The van der Waals surface area contributed by atoms with E-state index in [0.29, 0.717) is 36.2 Å². The summed E-state index contributed by atoms with van der Waals surface area (Å²) in [6.07, 6.45) is 1.37. The van der Waals surface area contributed by atoms with E-state index in [9.17, 15) is 18.4 Å². The Bertz CT molecular complexity index is 806. The summed E-state index contributed by atoms with van der Waals surface area (Å²) < 4.78 is 28.7. The Balaban J connectivity index is 1.90. The van der Waals surface area contributed by atoms with E-state index in [2.05, 4.69) is 4.74 Å². The summed E-state index contributed by atoms with van der Waals surface area (Å²) in [5, 5.41) is 0. The smallest absolute Gasteiger partial charge is 0.387 e. The molecule has 1 aliphatic heterocycles. The minimum atomic E-state index is -2.91. The van der Waals surface area contributed by atoms with Crippen LogP contribution in [-0.2, 0) is 6.42 Å². The summed E-state index contributed by atoms with van der Waals surface area (Å²) in [5.41, 5.74) is 7.58. The number of halogens is 2. The van der Waals surface area contributed by atoms with Crippen LogP contribution in [0.4, 0.5) is 14.5 Å². The number of hydrogen-bond donors (Lipinski definition) is 1. The van der Waals surface area contributed by atoms with Crippen molar-refractivity contribution < 1.29 is 23.1 Å². The maximum absolute atomic E-state index is 12.8. The fourth-order valence-corrected chi connectivity index (χ4v) is 3.00. The highest BCUT2D eigenvalue weighted by atomic mass is 19.3. The number of alkyl halides is 2. The lowest BCUT2D eigenvalue weighted by Gasteiger charge is -2.30. The molecule has 0 fully saturated rings. The van der Waals surface area contributed by atoms with Gasteiger partial charge in [0.2, 0.25) is 5.91 Å². The lowest BCUT2D eigenvalue weighted by Crippen LogP contribution is -2.36. The van der Waals surface area contributed by atoms with E-state index in [1.807, 2.05) is 0 Å². The van der Waals surface area contributed by atoms with E-state index >= 15 is 0 Å². The second-order valence-electron chi connectivity index (χ2n) is 5.63. The Hall–Kier alpha value is -2.96. The molecule has 2 amide bonds. The molecular formula is C18H16F2N2O3. The van der Waals surface area contributed by atoms with Crippen LogP contribution in [0.2, 0.25) is 0 Å². The van der Waals surface area contributed by atoms with Crippen molar-refractivity contribution in [2.75, 3.05) is 11.4 Å². The van der Waals surface area contributed by atoms with E-state index in [-0.39, 0.29) is 11.7 Å². The number of benzene rings is 2. The predicted octanol–water partition coefficient (Wildman–Crippen LogP) is 2.98. The van der Waals surface area contributed by atoms with Crippen LogP contribution in [0.1, 0.15) is 32.7 Å². The van der Waals surface area contributed by atoms with E-state index in [1.54, 1.807) is 23.1 Å². The highest BCUT2D eigenvalue weighted by Gasteiger charge is 2.26. The molecule has 5 nitrogen and oxygen atoms in total. The molecule has 0 saturated carbocycles. The van der Waals surface area contributed by atoms with Crippen LogP contribution < -0.4 is 15.4 Å². The molecule has 2 aromatic carbocycles. The summed E-state index contributed by atoms with van der Waals surface area (Å²) in [5.74, 6) is -0.813. The van der Waals surface area contributed by atoms with Crippen molar-refractivity contribution in [2.45, 2.75) is 19.5 Å². The maximum Gasteiger partial charge on any atom is 0.387 e. The first kappa shape index (κ1) is 16.9. The molecule has 0 saturated heterocycles. The Labute approximate surface area is 143 Å². The zero-order valence-electron chi connectivity index (χ0n) is 13.2. The Morgan fingerprint density at radius 2 is 1.84 bits per heavy atom. The molecule has 0 bridgehead atoms. The highest BCUT2D eigenvalue weighted by molar-refractivity contribution is 6.08. The van der Waals surface area contributed by atoms with Crippen molar-refractivity contribution in [1.82, 2.24) is 0 Å². The van der Waals surface area contributed by atoms with Crippen molar-refractivity contribution in [3.05, 3.63) is 59.2 Å². The van der Waals surface area contributed by atoms with E-state index < -0.39 is 12.5 Å². The molecule has 25 heavy (non-hydrogen) atoms. The lowest BCUT2D eigenvalue weighted by atomic mass is 9.95. The topological polar surface area (TPSA) is 72.6 Å². The van der Waals surface area contributed by atoms with Gasteiger partial charge in [0.15, 0.2) is 0 Å². The molecule has 0 spiro atoms. The normalized spacial score (nSPS) is 13.5. The fraction of sp³-hybridized carbons (Fsp3) is 0.222. The monoisotopic (exact) mass is 346 g/mol. The van der Waals surface area contributed by atoms with E-state index in [4.69, 9.17) is 5.73 Å². The lowest BCUT2D eigenvalue weighted by molar-refractivity contribution is -0.0498. The number of amides is 2. The van der Waals surface area contributed by atoms with Gasteiger partial charge in [0, 0.05) is 23.4 Å². The summed E-state index contributed by atoms with van der Waals surface area (Å²) in [6, 6.07) is 10.6. The number of rotatable bonds is 4. The van der Waals surface area contributed by atoms with Gasteiger partial charge in [0.1, 0.15) is 5.75 Å². The van der Waals surface area contributed by atoms with Crippen LogP contribution in [-0.4, -0.2) is 25.0 Å². The van der Waals surface area contributed by atoms with Crippen molar-refractivity contribution in [2.24, 2.45) is 5.73 Å². The third-order valence-corrected chi connectivity index (χ3v) is 4.09. The van der Waals surface area contributed by atoms with Gasteiger partial charge in [-0.15, -0.1) is 0 Å². The van der Waals surface area contributed by atoms with Crippen molar-refractivity contribution in [3.8, 4) is 5.75 Å². The van der Waals surface area contributed by atoms with Gasteiger partial charge in [-0.1, -0.05) is 6.07 Å². The van der Waals surface area contributed by atoms with Crippen molar-refractivity contribution in [3.63, 3.8) is 0 Å². The zero-order chi connectivity index (χ0) is 18.0. The van der Waals surface area contributed by atoms with Crippen LogP contribution in [0, 0.1) is 0 Å². The number of ether oxygens (including phenoxy) is 1. The van der Waals surface area contributed by atoms with Gasteiger partial charge in [-0.3, -0.25) is 9.59 Å². The molecule has 130 valence electrons. The SMILES string of the molecule is NC(=O)c1cccc2c1CCCN2C(=O)c1ccc(OC(F)F)cc1. The molecule has 7 heteroatoms. The van der Waals surface area contributed by atoms with Crippen molar-refractivity contribution >= 4 is 17.5 Å². The first-order valence-electron chi connectivity index (χ1n) is 7.76. The zero-order valence-corrected chi connectivity index (χ0v) is 13.2. The first-order valence-corrected chi connectivity index (χ1v) is 7.76. The van der Waals surface area contributed by atoms with Crippen LogP contribution in [0.25, 0.3) is 0 Å². The molecule has 0 aliphatic carbocycles. The molecule has 1 aliphatic rings. The molecule has 0 unspecified atom stereocenters. The number of nitrogens with zero attached hydrogens (tertiary/aromatic N) is 1. The third kappa shape index (κ3) is 3.45. The van der Waals surface area contributed by atoms with Gasteiger partial charge < -0.3 is 15.4 Å². The van der Waals surface area contributed by atoms with Gasteiger partial charge in [0.25, 0.3) is 5.91 Å². The molecule has 0 aromatic heterocycles. The van der Waals surface area contributed by atoms with Crippen LogP contribution in [0.5, 0.6) is 5.75 Å². The Morgan fingerprint density at radius 3 is 2.48 bits per heavy atom. The number of primary amides is 1. The number of hydrogen-bond acceptors (Lipinski definition) is 3. The minimum Gasteiger partial charge on any atom is -0.435 e. The van der Waals surface area contributed by atoms with Gasteiger partial charge in [-0.2, -0.15) is 8.78 Å². The van der Waals surface area contributed by atoms with E-state index in [0.717, 1.165) is 5.56 Å². The summed E-state index contributed by atoms with van der Waals surface area (Å²) in [7, 11) is 0. The average molecular weight is 346 g/mol. The predicted molar refractivity (Wildman–Crippen MR) is 88.0 cm³/mol. The number of fused-ring (bicyclic) bond motifs is 1. The fourth-order valence-electron chi connectivity index (χ4n) is 3.00. The molecule has 3 rings (SSSR count). The highest BCUT2D eigenvalue weighted by Crippen LogP contribution is 2.31. The Kier molecular flexibility index (Phi) is 4.65. The largest absolute Gasteiger partial charge is 0.435 e. The maximum atomic E-state index is 12.8. The summed E-state index contributed by atoms with van der Waals surface area (Å²) in [4.78, 5) is 26.0. The molecule has 0 radical (unpaired) electrons. The average Bonchev–Trinajstić information content (AvgIpc) is 2.60. The number of carbonyl (C=O) groups is 2. The minimum absolute atomic E-state index is 0.0124. The van der Waals surface area contributed by atoms with Crippen LogP contribution in [0.15, 0.2) is 42.5 Å². The molecule has 0 atom stereocenters. The molecule has 2 aromatic rings. The number of nitrogens with two attached hydrogens (primary N) is 1. The second-order valence-corrected chi connectivity index (χ2v) is 5.63. The summed E-state index contributed by atoms with van der Waals surface area (Å²) >= 11 is 0. The van der Waals surface area contributed by atoms with Gasteiger partial charge in [-0.05, 0) is 54.8 Å². The number of carbonyl (C=O) groups excluding carboxylic acids is 2.